The van der Waals surface area contributed by atoms with Crippen molar-refractivity contribution in [1.29, 1.82) is 0 Å². The zero-order chi connectivity index (χ0) is 9.29. The lowest BCUT2D eigenvalue weighted by atomic mass is 9.68. The number of rotatable bonds is 1. The van der Waals surface area contributed by atoms with Gasteiger partial charge in [-0.25, -0.2) is 0 Å². The summed E-state index contributed by atoms with van der Waals surface area (Å²) in [6.45, 7) is 0. The van der Waals surface area contributed by atoms with Gasteiger partial charge in [-0.3, -0.25) is 0 Å². The highest BCUT2D eigenvalue weighted by Gasteiger charge is 3.05. The number of carbonyl (C=O) groups is 1. The smallest absolute Gasteiger partial charge is 0.171 e. The molecule has 5 rings (SSSR count). The van der Waals surface area contributed by atoms with Gasteiger partial charge in [-0.15, -0.1) is 0 Å². The standard InChI is InChI=1S/C12H16NO/c1-13-9-4-10(13)12(13)8(5-14)6-2-3-7(6)11(9)12/h5-11H,2-4H2,1H3/q+1/t6?,7?,8?,9?,10?,11?,12-,13?/m0/s1. The van der Waals surface area contributed by atoms with Gasteiger partial charge in [-0.1, -0.05) is 0 Å². The van der Waals surface area contributed by atoms with Crippen molar-refractivity contribution < 1.29 is 9.28 Å². The number of carbonyl (C=O) groups excluding carboxylic acids is 1. The minimum absolute atomic E-state index is 0.458. The van der Waals surface area contributed by atoms with E-state index in [0.717, 1.165) is 29.8 Å². The highest BCUT2D eigenvalue weighted by molar-refractivity contribution is 5.63. The van der Waals surface area contributed by atoms with Crippen LogP contribution >= 0.6 is 0 Å². The maximum absolute atomic E-state index is 11.3. The van der Waals surface area contributed by atoms with E-state index in [0.29, 0.717) is 11.5 Å². The van der Waals surface area contributed by atoms with Gasteiger partial charge in [-0.05, 0) is 24.7 Å². The summed E-state index contributed by atoms with van der Waals surface area (Å²) in [6, 6.07) is 1.90. The molecule has 0 aromatic carbocycles. The molecular formula is C12H16NO+. The molecule has 0 bridgehead atoms. The summed E-state index contributed by atoms with van der Waals surface area (Å²) < 4.78 is 1.33. The first-order chi connectivity index (χ1) is 6.78. The van der Waals surface area contributed by atoms with Crippen molar-refractivity contribution in [3.8, 4) is 0 Å². The van der Waals surface area contributed by atoms with E-state index in [4.69, 9.17) is 0 Å². The summed E-state index contributed by atoms with van der Waals surface area (Å²) in [7, 11) is 2.41. The number of quaternary nitrogens is 1. The van der Waals surface area contributed by atoms with Crippen LogP contribution in [-0.4, -0.2) is 35.4 Å². The molecule has 1 spiro atoms. The third kappa shape index (κ3) is 0.325. The quantitative estimate of drug-likeness (QED) is 0.340. The molecule has 0 N–H and O–H groups in total. The molecular weight excluding hydrogens is 174 g/mol. The van der Waals surface area contributed by atoms with Crippen molar-refractivity contribution >= 4 is 6.29 Å². The van der Waals surface area contributed by atoms with E-state index in [-0.39, 0.29) is 0 Å². The highest BCUT2D eigenvalue weighted by Crippen LogP contribution is 2.87. The van der Waals surface area contributed by atoms with Crippen LogP contribution in [0.25, 0.3) is 0 Å². The molecule has 5 fully saturated rings. The third-order valence-corrected chi connectivity index (χ3v) is 7.04. The van der Waals surface area contributed by atoms with Gasteiger partial charge in [0.2, 0.25) is 0 Å². The monoisotopic (exact) mass is 190 g/mol. The first-order valence-corrected chi connectivity index (χ1v) is 6.09. The summed E-state index contributed by atoms with van der Waals surface area (Å²) in [5.74, 6) is 3.21. The van der Waals surface area contributed by atoms with E-state index >= 15 is 0 Å². The summed E-state index contributed by atoms with van der Waals surface area (Å²) >= 11 is 0. The SMILES string of the molecule is C[N+]12C3CC1[C@]21C(C=O)C2CCC2C31. The molecule has 5 aliphatic rings. The maximum atomic E-state index is 11.3. The Morgan fingerprint density at radius 2 is 2.14 bits per heavy atom. The highest BCUT2D eigenvalue weighted by atomic mass is 16.1. The molecule has 2 aliphatic carbocycles. The van der Waals surface area contributed by atoms with Gasteiger partial charge in [0.1, 0.15) is 12.3 Å². The van der Waals surface area contributed by atoms with Crippen LogP contribution in [0.4, 0.5) is 0 Å². The average molecular weight is 190 g/mol. The molecule has 0 radical (unpaired) electrons. The van der Waals surface area contributed by atoms with Crippen LogP contribution in [0, 0.1) is 23.7 Å². The van der Waals surface area contributed by atoms with Crippen LogP contribution in [-0.2, 0) is 4.79 Å². The maximum Gasteiger partial charge on any atom is 0.171 e. The predicted octanol–water partition coefficient (Wildman–Crippen LogP) is 0.811. The Morgan fingerprint density at radius 1 is 1.36 bits per heavy atom. The largest absolute Gasteiger partial charge is 0.304 e. The topological polar surface area (TPSA) is 17.1 Å². The molecule has 14 heavy (non-hydrogen) atoms. The molecule has 7 unspecified atom stereocenters. The lowest BCUT2D eigenvalue weighted by Gasteiger charge is -2.49. The Labute approximate surface area is 83.9 Å². The molecule has 74 valence electrons. The Balaban J connectivity index is 1.72. The Kier molecular flexibility index (Phi) is 0.755. The number of likely N-dealkylation sites (N-methyl/N-ethyl adjacent to an activating group) is 1. The normalized spacial score (nSPS) is 79.8. The van der Waals surface area contributed by atoms with Crippen LogP contribution in [0.5, 0.6) is 0 Å². The molecule has 2 nitrogen and oxygen atoms in total. The van der Waals surface area contributed by atoms with E-state index in [1.54, 1.807) is 0 Å². The van der Waals surface area contributed by atoms with E-state index in [2.05, 4.69) is 7.05 Å². The summed E-state index contributed by atoms with van der Waals surface area (Å²) in [4.78, 5) is 11.3. The molecule has 3 aliphatic heterocycles. The minimum atomic E-state index is 0.458. The second-order valence-corrected chi connectivity index (χ2v) is 6.45. The Bertz CT molecular complexity index is 381. The first-order valence-electron chi connectivity index (χ1n) is 6.09. The molecule has 3 heterocycles. The second-order valence-electron chi connectivity index (χ2n) is 6.45. The van der Waals surface area contributed by atoms with E-state index in [1.807, 2.05) is 0 Å². The number of fused-ring (bicyclic) bond motifs is 3. The number of hydrogen-bond donors (Lipinski definition) is 0. The van der Waals surface area contributed by atoms with Crippen molar-refractivity contribution in [3.05, 3.63) is 0 Å². The van der Waals surface area contributed by atoms with Crippen LogP contribution < -0.4 is 0 Å². The predicted molar refractivity (Wildman–Crippen MR) is 50.4 cm³/mol. The van der Waals surface area contributed by atoms with Crippen molar-refractivity contribution in [2.24, 2.45) is 23.7 Å². The minimum Gasteiger partial charge on any atom is -0.304 e. The van der Waals surface area contributed by atoms with Crippen molar-refractivity contribution in [2.45, 2.75) is 36.9 Å². The van der Waals surface area contributed by atoms with Gasteiger partial charge in [0.05, 0.1) is 25.3 Å². The molecule has 0 amide bonds. The fourth-order valence-corrected chi connectivity index (χ4v) is 6.58. The molecule has 8 atom stereocenters. The van der Waals surface area contributed by atoms with Crippen molar-refractivity contribution in [3.63, 3.8) is 0 Å². The lowest BCUT2D eigenvalue weighted by molar-refractivity contribution is -0.930. The number of nitrogens with zero attached hydrogens (tertiary/aromatic N) is 1. The van der Waals surface area contributed by atoms with Gasteiger partial charge in [-0.2, -0.15) is 0 Å². The fraction of sp³-hybridized carbons (Fsp3) is 0.917. The number of piperidine rings is 1. The Hall–Kier alpha value is -0.370. The van der Waals surface area contributed by atoms with Gasteiger partial charge in [0.15, 0.2) is 11.6 Å². The van der Waals surface area contributed by atoms with Crippen LogP contribution in [0.1, 0.15) is 19.3 Å². The van der Waals surface area contributed by atoms with Gasteiger partial charge in [0.25, 0.3) is 0 Å². The van der Waals surface area contributed by atoms with Crippen LogP contribution in [0.2, 0.25) is 0 Å². The third-order valence-electron chi connectivity index (χ3n) is 7.04. The fourth-order valence-electron chi connectivity index (χ4n) is 6.58. The molecule has 2 heteroatoms. The van der Waals surface area contributed by atoms with Crippen LogP contribution in [0.3, 0.4) is 0 Å². The average Bonchev–Trinajstić information content (AvgIpc) is 2.51. The second kappa shape index (κ2) is 1.51. The Morgan fingerprint density at radius 3 is 2.71 bits per heavy atom. The molecule has 2 saturated carbocycles. The summed E-state index contributed by atoms with van der Waals surface area (Å²) in [5, 5.41) is 0. The van der Waals surface area contributed by atoms with E-state index in [9.17, 15) is 4.79 Å². The number of hydrogen-bond acceptors (Lipinski definition) is 1. The summed E-state index contributed by atoms with van der Waals surface area (Å²) in [5.41, 5.74) is 0.512. The van der Waals surface area contributed by atoms with Gasteiger partial charge < -0.3 is 9.28 Å². The van der Waals surface area contributed by atoms with Crippen LogP contribution in [0.15, 0.2) is 0 Å². The van der Waals surface area contributed by atoms with Crippen molar-refractivity contribution in [2.75, 3.05) is 7.05 Å². The molecule has 0 aromatic heterocycles. The lowest BCUT2D eigenvalue weighted by Crippen LogP contribution is -2.64. The van der Waals surface area contributed by atoms with E-state index in [1.165, 1.54) is 30.0 Å². The molecule has 3 saturated heterocycles. The van der Waals surface area contributed by atoms with Gasteiger partial charge in [0, 0.05) is 0 Å². The number of aldehydes is 1. The summed E-state index contributed by atoms with van der Waals surface area (Å²) in [6.07, 6.45) is 5.57. The van der Waals surface area contributed by atoms with Gasteiger partial charge >= 0.3 is 0 Å². The van der Waals surface area contributed by atoms with E-state index < -0.39 is 0 Å². The van der Waals surface area contributed by atoms with Crippen molar-refractivity contribution in [1.82, 2.24) is 0 Å². The zero-order valence-corrected chi connectivity index (χ0v) is 8.52. The molecule has 0 aromatic rings. The zero-order valence-electron chi connectivity index (χ0n) is 8.52. The first kappa shape index (κ1) is 7.00.